The first kappa shape index (κ1) is 12.1. The van der Waals surface area contributed by atoms with Gasteiger partial charge in [0, 0.05) is 24.4 Å². The fraction of sp³-hybridized carbons (Fsp3) is 0.0625. The van der Waals surface area contributed by atoms with Gasteiger partial charge >= 0.3 is 0 Å². The molecule has 0 unspecified atom stereocenters. The van der Waals surface area contributed by atoms with E-state index in [0.29, 0.717) is 5.56 Å². The van der Waals surface area contributed by atoms with Crippen LogP contribution in [0.25, 0.3) is 0 Å². The molecular formula is C16H15NO. The van der Waals surface area contributed by atoms with E-state index in [1.165, 1.54) is 5.56 Å². The summed E-state index contributed by atoms with van der Waals surface area (Å²) in [6.45, 7) is 0.722. The van der Waals surface area contributed by atoms with Crippen LogP contribution in [0, 0.1) is 0 Å². The lowest BCUT2D eigenvalue weighted by molar-refractivity contribution is 0.104. The van der Waals surface area contributed by atoms with Crippen LogP contribution in [0.1, 0.15) is 15.9 Å². The molecule has 0 bridgehead atoms. The molecule has 0 saturated carbocycles. The van der Waals surface area contributed by atoms with Gasteiger partial charge in [0.25, 0.3) is 0 Å². The predicted octanol–water partition coefficient (Wildman–Crippen LogP) is 3.17. The van der Waals surface area contributed by atoms with Gasteiger partial charge in [-0.15, -0.1) is 0 Å². The molecule has 0 aliphatic rings. The van der Waals surface area contributed by atoms with E-state index < -0.39 is 0 Å². The molecule has 0 radical (unpaired) electrons. The van der Waals surface area contributed by atoms with E-state index >= 15 is 0 Å². The molecule has 2 nitrogen and oxygen atoms in total. The number of benzene rings is 2. The molecule has 90 valence electrons. The van der Waals surface area contributed by atoms with Crippen LogP contribution in [-0.4, -0.2) is 5.78 Å². The van der Waals surface area contributed by atoms with Crippen molar-refractivity contribution in [2.45, 2.75) is 6.54 Å². The minimum Gasteiger partial charge on any atom is -0.387 e. The van der Waals surface area contributed by atoms with Crippen LogP contribution in [0.15, 0.2) is 72.9 Å². The molecule has 0 aliphatic heterocycles. The highest BCUT2D eigenvalue weighted by Gasteiger charge is 1.98. The lowest BCUT2D eigenvalue weighted by Gasteiger charge is -2.00. The summed E-state index contributed by atoms with van der Waals surface area (Å²) in [5.41, 5.74) is 1.89. The van der Waals surface area contributed by atoms with E-state index in [4.69, 9.17) is 0 Å². The van der Waals surface area contributed by atoms with Crippen molar-refractivity contribution < 1.29 is 4.79 Å². The van der Waals surface area contributed by atoms with Crippen molar-refractivity contribution in [2.24, 2.45) is 0 Å². The molecule has 0 atom stereocenters. The van der Waals surface area contributed by atoms with Crippen molar-refractivity contribution in [3.63, 3.8) is 0 Å². The fourth-order valence-electron chi connectivity index (χ4n) is 1.61. The summed E-state index contributed by atoms with van der Waals surface area (Å²) >= 11 is 0. The summed E-state index contributed by atoms with van der Waals surface area (Å²) in [4.78, 5) is 11.7. The molecule has 18 heavy (non-hydrogen) atoms. The Labute approximate surface area is 107 Å². The van der Waals surface area contributed by atoms with Crippen molar-refractivity contribution in [1.82, 2.24) is 5.32 Å². The minimum absolute atomic E-state index is 0.0103. The van der Waals surface area contributed by atoms with Crippen LogP contribution in [0.3, 0.4) is 0 Å². The summed E-state index contributed by atoms with van der Waals surface area (Å²) in [7, 11) is 0. The topological polar surface area (TPSA) is 29.1 Å². The van der Waals surface area contributed by atoms with E-state index in [1.54, 1.807) is 12.3 Å². The van der Waals surface area contributed by atoms with Crippen LogP contribution in [-0.2, 0) is 6.54 Å². The predicted molar refractivity (Wildman–Crippen MR) is 73.2 cm³/mol. The molecule has 2 rings (SSSR count). The van der Waals surface area contributed by atoms with E-state index in [2.05, 4.69) is 5.32 Å². The highest BCUT2D eigenvalue weighted by atomic mass is 16.1. The number of carbonyl (C=O) groups excluding carboxylic acids is 1. The minimum atomic E-state index is 0.0103. The largest absolute Gasteiger partial charge is 0.387 e. The highest BCUT2D eigenvalue weighted by Crippen LogP contribution is 2.01. The Hall–Kier alpha value is -2.35. The van der Waals surface area contributed by atoms with Crippen molar-refractivity contribution in [2.75, 3.05) is 0 Å². The maximum Gasteiger partial charge on any atom is 0.187 e. The Balaban J connectivity index is 1.84. The normalized spacial score (nSPS) is 10.4. The van der Waals surface area contributed by atoms with Gasteiger partial charge < -0.3 is 5.32 Å². The van der Waals surface area contributed by atoms with Gasteiger partial charge in [-0.25, -0.2) is 0 Å². The SMILES string of the molecule is O=C(/C=C\NCc1ccccc1)c1ccccc1. The summed E-state index contributed by atoms with van der Waals surface area (Å²) in [5.74, 6) is 0.0103. The molecule has 0 amide bonds. The van der Waals surface area contributed by atoms with Crippen LogP contribution < -0.4 is 5.32 Å². The second-order valence-electron chi connectivity index (χ2n) is 3.93. The molecule has 1 N–H and O–H groups in total. The number of carbonyl (C=O) groups is 1. The standard InChI is InChI=1S/C16H15NO/c18-16(15-9-5-2-6-10-15)11-12-17-13-14-7-3-1-4-8-14/h1-12,17H,13H2/b12-11-. The fourth-order valence-corrected chi connectivity index (χ4v) is 1.61. The zero-order chi connectivity index (χ0) is 12.6. The molecule has 2 aromatic rings. The van der Waals surface area contributed by atoms with Crippen molar-refractivity contribution >= 4 is 5.78 Å². The Morgan fingerprint density at radius 3 is 2.22 bits per heavy atom. The van der Waals surface area contributed by atoms with Crippen LogP contribution in [0.4, 0.5) is 0 Å². The quantitative estimate of drug-likeness (QED) is 0.639. The second kappa shape index (κ2) is 6.40. The molecular weight excluding hydrogens is 222 g/mol. The average molecular weight is 237 g/mol. The molecule has 0 fully saturated rings. The number of ketones is 1. The zero-order valence-electron chi connectivity index (χ0n) is 10.0. The molecule has 0 aliphatic carbocycles. The van der Waals surface area contributed by atoms with Gasteiger partial charge in [0.1, 0.15) is 0 Å². The lowest BCUT2D eigenvalue weighted by Crippen LogP contribution is -2.05. The zero-order valence-corrected chi connectivity index (χ0v) is 10.0. The third-order valence-corrected chi connectivity index (χ3v) is 2.56. The van der Waals surface area contributed by atoms with E-state index in [9.17, 15) is 4.79 Å². The molecule has 2 aromatic carbocycles. The molecule has 0 saturated heterocycles. The highest BCUT2D eigenvalue weighted by molar-refractivity contribution is 6.04. The number of rotatable bonds is 5. The van der Waals surface area contributed by atoms with Gasteiger partial charge in [-0.1, -0.05) is 60.7 Å². The maximum absolute atomic E-state index is 11.7. The summed E-state index contributed by atoms with van der Waals surface area (Å²) in [6.07, 6.45) is 3.25. The smallest absolute Gasteiger partial charge is 0.187 e. The van der Waals surface area contributed by atoms with Gasteiger partial charge in [0.2, 0.25) is 0 Å². The Bertz CT molecular complexity index is 517. The Morgan fingerprint density at radius 2 is 1.56 bits per heavy atom. The number of nitrogens with one attached hydrogen (secondary N) is 1. The van der Waals surface area contributed by atoms with Crippen LogP contribution in [0.2, 0.25) is 0 Å². The van der Waals surface area contributed by atoms with Gasteiger partial charge in [0.15, 0.2) is 5.78 Å². The van der Waals surface area contributed by atoms with Crippen molar-refractivity contribution in [3.05, 3.63) is 84.1 Å². The molecule has 0 heterocycles. The summed E-state index contributed by atoms with van der Waals surface area (Å²) in [6, 6.07) is 19.3. The summed E-state index contributed by atoms with van der Waals surface area (Å²) < 4.78 is 0. The van der Waals surface area contributed by atoms with E-state index in [0.717, 1.165) is 6.54 Å². The number of hydrogen-bond donors (Lipinski definition) is 1. The molecule has 2 heteroatoms. The Morgan fingerprint density at radius 1 is 0.944 bits per heavy atom. The average Bonchev–Trinajstić information content (AvgIpc) is 2.45. The monoisotopic (exact) mass is 237 g/mol. The molecule has 0 aromatic heterocycles. The first-order valence-electron chi connectivity index (χ1n) is 5.89. The van der Waals surface area contributed by atoms with Gasteiger partial charge in [0.05, 0.1) is 0 Å². The Kier molecular flexibility index (Phi) is 4.31. The molecule has 0 spiro atoms. The third kappa shape index (κ3) is 3.59. The van der Waals surface area contributed by atoms with Gasteiger partial charge in [-0.2, -0.15) is 0 Å². The first-order chi connectivity index (χ1) is 8.86. The van der Waals surface area contributed by atoms with Crippen molar-refractivity contribution in [1.29, 1.82) is 0 Å². The third-order valence-electron chi connectivity index (χ3n) is 2.56. The van der Waals surface area contributed by atoms with Gasteiger partial charge in [-0.3, -0.25) is 4.79 Å². The number of hydrogen-bond acceptors (Lipinski definition) is 2. The summed E-state index contributed by atoms with van der Waals surface area (Å²) in [5, 5.41) is 3.10. The second-order valence-corrected chi connectivity index (χ2v) is 3.93. The van der Waals surface area contributed by atoms with E-state index in [1.807, 2.05) is 60.7 Å². The van der Waals surface area contributed by atoms with Gasteiger partial charge in [-0.05, 0) is 5.56 Å². The van der Waals surface area contributed by atoms with E-state index in [-0.39, 0.29) is 5.78 Å². The first-order valence-corrected chi connectivity index (χ1v) is 5.89. The van der Waals surface area contributed by atoms with Crippen LogP contribution >= 0.6 is 0 Å². The maximum atomic E-state index is 11.7. The van der Waals surface area contributed by atoms with Crippen molar-refractivity contribution in [3.8, 4) is 0 Å². The van der Waals surface area contributed by atoms with Crippen LogP contribution in [0.5, 0.6) is 0 Å². The number of allylic oxidation sites excluding steroid dienone is 1. The lowest BCUT2D eigenvalue weighted by atomic mass is 10.1.